The van der Waals surface area contributed by atoms with Crippen molar-refractivity contribution in [1.82, 2.24) is 10.0 Å². The minimum atomic E-state index is -3.62. The van der Waals surface area contributed by atoms with Gasteiger partial charge in [-0.1, -0.05) is 12.1 Å². The summed E-state index contributed by atoms with van der Waals surface area (Å²) < 4.78 is 27.1. The smallest absolute Gasteiger partial charge is 0.242 e. The second kappa shape index (κ2) is 5.06. The number of aryl methyl sites for hydroxylation is 1. The molecule has 1 heterocycles. The van der Waals surface area contributed by atoms with Gasteiger partial charge < -0.3 is 5.32 Å². The fourth-order valence-electron chi connectivity index (χ4n) is 2.05. The average molecular weight is 265 g/mol. The van der Waals surface area contributed by atoms with Crippen molar-refractivity contribution in [3.05, 3.63) is 29.3 Å². The molecule has 1 aliphatic rings. The van der Waals surface area contributed by atoms with Gasteiger partial charge in [0.15, 0.2) is 0 Å². The highest BCUT2D eigenvalue weighted by Gasteiger charge is 2.25. The molecule has 0 amide bonds. The van der Waals surface area contributed by atoms with Crippen LogP contribution in [0.3, 0.4) is 0 Å². The molecule has 1 aromatic carbocycles. The van der Waals surface area contributed by atoms with Gasteiger partial charge in [0.2, 0.25) is 10.0 Å². The number of nitrogens with zero attached hydrogens (tertiary/aromatic N) is 1. The number of rotatable bonds is 3. The summed E-state index contributed by atoms with van der Waals surface area (Å²) in [5.74, 6) is 0. The van der Waals surface area contributed by atoms with E-state index < -0.39 is 10.0 Å². The summed E-state index contributed by atoms with van der Waals surface area (Å²) >= 11 is 0. The third kappa shape index (κ3) is 2.53. The van der Waals surface area contributed by atoms with Gasteiger partial charge in [0.25, 0.3) is 0 Å². The van der Waals surface area contributed by atoms with E-state index in [0.717, 1.165) is 13.0 Å². The van der Waals surface area contributed by atoms with E-state index in [9.17, 15) is 8.42 Å². The van der Waals surface area contributed by atoms with Gasteiger partial charge in [0, 0.05) is 12.6 Å². The summed E-state index contributed by atoms with van der Waals surface area (Å²) in [4.78, 5) is 0.0666. The third-order valence-corrected chi connectivity index (χ3v) is 4.58. The predicted octanol–water partition coefficient (Wildman–Crippen LogP) is 0.507. The molecule has 0 aromatic heterocycles. The largest absolute Gasteiger partial charge is 0.315 e. The summed E-state index contributed by atoms with van der Waals surface area (Å²) in [6, 6.07) is 6.71. The number of nitriles is 1. The molecule has 1 aliphatic heterocycles. The standard InChI is InChI=1S/C12H15N3O2S/c1-9-3-2-4-12(11(9)7-13)18(16,17)15-10-5-6-14-8-10/h2-4,10,14-15H,5-6,8H2,1H3. The maximum atomic E-state index is 12.2. The Bertz CT molecular complexity index is 584. The molecule has 1 atom stereocenters. The molecule has 96 valence electrons. The number of benzene rings is 1. The molecule has 1 saturated heterocycles. The van der Waals surface area contributed by atoms with Gasteiger partial charge in [0.1, 0.15) is 11.0 Å². The highest BCUT2D eigenvalue weighted by atomic mass is 32.2. The summed E-state index contributed by atoms with van der Waals surface area (Å²) in [6.45, 7) is 3.17. The van der Waals surface area contributed by atoms with Crippen LogP contribution in [0.5, 0.6) is 0 Å². The van der Waals surface area contributed by atoms with Crippen LogP contribution >= 0.6 is 0 Å². The van der Waals surface area contributed by atoms with Crippen LogP contribution in [-0.4, -0.2) is 27.5 Å². The lowest BCUT2D eigenvalue weighted by Crippen LogP contribution is -2.36. The van der Waals surface area contributed by atoms with E-state index in [2.05, 4.69) is 10.0 Å². The quantitative estimate of drug-likeness (QED) is 0.834. The second-order valence-electron chi connectivity index (χ2n) is 4.37. The Hall–Kier alpha value is -1.42. The molecule has 2 N–H and O–H groups in total. The van der Waals surface area contributed by atoms with Crippen molar-refractivity contribution in [2.45, 2.75) is 24.3 Å². The van der Waals surface area contributed by atoms with Crippen LogP contribution in [-0.2, 0) is 10.0 Å². The first-order valence-electron chi connectivity index (χ1n) is 5.77. The molecular formula is C12H15N3O2S. The van der Waals surface area contributed by atoms with Crippen LogP contribution < -0.4 is 10.0 Å². The predicted molar refractivity (Wildman–Crippen MR) is 67.5 cm³/mol. The molecule has 6 heteroatoms. The van der Waals surface area contributed by atoms with Crippen LogP contribution in [0.15, 0.2) is 23.1 Å². The molecule has 1 unspecified atom stereocenters. The van der Waals surface area contributed by atoms with Gasteiger partial charge in [0.05, 0.1) is 5.56 Å². The zero-order chi connectivity index (χ0) is 13.2. The van der Waals surface area contributed by atoms with Gasteiger partial charge in [-0.3, -0.25) is 0 Å². The fraction of sp³-hybridized carbons (Fsp3) is 0.417. The van der Waals surface area contributed by atoms with E-state index in [1.165, 1.54) is 6.07 Å². The summed E-state index contributed by atoms with van der Waals surface area (Å²) in [5.41, 5.74) is 0.890. The first-order valence-corrected chi connectivity index (χ1v) is 7.25. The Morgan fingerprint density at radius 3 is 2.89 bits per heavy atom. The van der Waals surface area contributed by atoms with Gasteiger partial charge in [-0.2, -0.15) is 5.26 Å². The van der Waals surface area contributed by atoms with Crippen molar-refractivity contribution >= 4 is 10.0 Å². The van der Waals surface area contributed by atoms with Crippen molar-refractivity contribution in [1.29, 1.82) is 5.26 Å². The maximum absolute atomic E-state index is 12.2. The SMILES string of the molecule is Cc1cccc(S(=O)(=O)NC2CCNC2)c1C#N. The van der Waals surface area contributed by atoms with Crippen molar-refractivity contribution in [3.8, 4) is 6.07 Å². The van der Waals surface area contributed by atoms with Crippen molar-refractivity contribution in [3.63, 3.8) is 0 Å². The number of hydrogen-bond acceptors (Lipinski definition) is 4. The molecule has 2 rings (SSSR count). The van der Waals surface area contributed by atoms with E-state index in [-0.39, 0.29) is 16.5 Å². The molecule has 0 saturated carbocycles. The topological polar surface area (TPSA) is 82.0 Å². The zero-order valence-electron chi connectivity index (χ0n) is 10.1. The maximum Gasteiger partial charge on any atom is 0.242 e. The summed E-state index contributed by atoms with van der Waals surface area (Å²) in [5, 5.41) is 12.2. The Morgan fingerprint density at radius 2 is 2.28 bits per heavy atom. The lowest BCUT2D eigenvalue weighted by Gasteiger charge is -2.13. The van der Waals surface area contributed by atoms with Crippen LogP contribution in [0.25, 0.3) is 0 Å². The third-order valence-electron chi connectivity index (χ3n) is 3.02. The molecule has 0 aliphatic carbocycles. The Labute approximate surface area is 107 Å². The van der Waals surface area contributed by atoms with Gasteiger partial charge in [-0.05, 0) is 31.5 Å². The van der Waals surface area contributed by atoms with Gasteiger partial charge in [-0.15, -0.1) is 0 Å². The Kier molecular flexibility index (Phi) is 3.66. The van der Waals surface area contributed by atoms with Crippen LogP contribution in [0.2, 0.25) is 0 Å². The Morgan fingerprint density at radius 1 is 1.50 bits per heavy atom. The van der Waals surface area contributed by atoms with E-state index in [1.807, 2.05) is 6.07 Å². The normalized spacial score (nSPS) is 19.7. The molecule has 1 aromatic rings. The molecule has 0 radical (unpaired) electrons. The zero-order valence-corrected chi connectivity index (χ0v) is 10.9. The van der Waals surface area contributed by atoms with Crippen LogP contribution in [0, 0.1) is 18.3 Å². The second-order valence-corrected chi connectivity index (χ2v) is 6.05. The molecule has 1 fully saturated rings. The van der Waals surface area contributed by atoms with Crippen LogP contribution in [0.1, 0.15) is 17.5 Å². The van der Waals surface area contributed by atoms with E-state index >= 15 is 0 Å². The molecule has 0 bridgehead atoms. The van der Waals surface area contributed by atoms with Crippen molar-refractivity contribution in [2.75, 3.05) is 13.1 Å². The van der Waals surface area contributed by atoms with E-state index in [1.54, 1.807) is 19.1 Å². The monoisotopic (exact) mass is 265 g/mol. The highest BCUT2D eigenvalue weighted by molar-refractivity contribution is 7.89. The highest BCUT2D eigenvalue weighted by Crippen LogP contribution is 2.19. The number of nitrogens with one attached hydrogen (secondary N) is 2. The first kappa shape index (κ1) is 13.0. The molecular weight excluding hydrogens is 250 g/mol. The number of hydrogen-bond donors (Lipinski definition) is 2. The fourth-order valence-corrected chi connectivity index (χ4v) is 3.55. The van der Waals surface area contributed by atoms with Crippen molar-refractivity contribution < 1.29 is 8.42 Å². The van der Waals surface area contributed by atoms with Crippen LogP contribution in [0.4, 0.5) is 0 Å². The first-order chi connectivity index (χ1) is 8.54. The average Bonchev–Trinajstić information content (AvgIpc) is 2.80. The lowest BCUT2D eigenvalue weighted by molar-refractivity contribution is 0.560. The molecule has 18 heavy (non-hydrogen) atoms. The molecule has 0 spiro atoms. The van der Waals surface area contributed by atoms with Crippen molar-refractivity contribution in [2.24, 2.45) is 0 Å². The summed E-state index contributed by atoms with van der Waals surface area (Å²) in [6.07, 6.45) is 0.771. The van der Waals surface area contributed by atoms with Gasteiger partial charge in [-0.25, -0.2) is 13.1 Å². The van der Waals surface area contributed by atoms with Gasteiger partial charge >= 0.3 is 0 Å². The lowest BCUT2D eigenvalue weighted by atomic mass is 10.1. The minimum absolute atomic E-state index is 0.0666. The van der Waals surface area contributed by atoms with E-state index in [0.29, 0.717) is 12.1 Å². The number of sulfonamides is 1. The minimum Gasteiger partial charge on any atom is -0.315 e. The Balaban J connectivity index is 2.35. The molecule has 5 nitrogen and oxygen atoms in total. The van der Waals surface area contributed by atoms with E-state index in [4.69, 9.17) is 5.26 Å². The summed E-state index contributed by atoms with van der Waals surface area (Å²) in [7, 11) is -3.62.